The Morgan fingerprint density at radius 3 is 2.70 bits per heavy atom. The second kappa shape index (κ2) is 8.54. The highest BCUT2D eigenvalue weighted by Gasteiger charge is 2.15. The van der Waals surface area contributed by atoms with E-state index in [0.717, 1.165) is 19.4 Å². The van der Waals surface area contributed by atoms with Gasteiger partial charge in [0, 0.05) is 18.7 Å². The lowest BCUT2D eigenvalue weighted by atomic mass is 10.2. The van der Waals surface area contributed by atoms with Gasteiger partial charge in [-0.3, -0.25) is 5.43 Å². The molecule has 0 saturated carbocycles. The van der Waals surface area contributed by atoms with Gasteiger partial charge in [-0.2, -0.15) is 5.10 Å². The Morgan fingerprint density at radius 2 is 2.13 bits per heavy atom. The van der Waals surface area contributed by atoms with Crippen LogP contribution in [0.2, 0.25) is 0 Å². The van der Waals surface area contributed by atoms with Crippen molar-refractivity contribution in [3.63, 3.8) is 0 Å². The summed E-state index contributed by atoms with van der Waals surface area (Å²) in [4.78, 5) is 0. The third-order valence-electron chi connectivity index (χ3n) is 3.40. The fourth-order valence-electron chi connectivity index (χ4n) is 2.21. The minimum Gasteiger partial charge on any atom is -0.502 e. The number of phenols is 1. The van der Waals surface area contributed by atoms with Crippen molar-refractivity contribution in [2.24, 2.45) is 5.10 Å². The molecule has 7 nitrogen and oxygen atoms in total. The summed E-state index contributed by atoms with van der Waals surface area (Å²) in [6, 6.07) is 3.29. The van der Waals surface area contributed by atoms with Crippen LogP contribution in [-0.2, 0) is 4.74 Å². The second-order valence-electron chi connectivity index (χ2n) is 4.99. The first-order valence-electron chi connectivity index (χ1n) is 7.27. The van der Waals surface area contributed by atoms with Crippen molar-refractivity contribution >= 4 is 23.5 Å². The van der Waals surface area contributed by atoms with Crippen LogP contribution in [0.5, 0.6) is 17.2 Å². The molecule has 1 fully saturated rings. The first-order valence-corrected chi connectivity index (χ1v) is 7.68. The Kier molecular flexibility index (Phi) is 6.42. The molecule has 0 bridgehead atoms. The van der Waals surface area contributed by atoms with Gasteiger partial charge in [-0.05, 0) is 37.2 Å². The fourth-order valence-corrected chi connectivity index (χ4v) is 2.34. The number of nitrogens with one attached hydrogen (secondary N) is 2. The number of aromatic hydroxyl groups is 1. The summed E-state index contributed by atoms with van der Waals surface area (Å²) in [5.74, 6) is 0.573. The Balaban J connectivity index is 1.88. The molecule has 1 aliphatic heterocycles. The lowest BCUT2D eigenvalue weighted by Gasteiger charge is -2.12. The zero-order valence-electron chi connectivity index (χ0n) is 13.2. The summed E-state index contributed by atoms with van der Waals surface area (Å²) in [5.41, 5.74) is 3.43. The lowest BCUT2D eigenvalue weighted by molar-refractivity contribution is 0.114. The van der Waals surface area contributed by atoms with Gasteiger partial charge in [0.15, 0.2) is 16.6 Å². The van der Waals surface area contributed by atoms with Gasteiger partial charge in [0.05, 0.1) is 26.5 Å². The Hall–Kier alpha value is -2.06. The van der Waals surface area contributed by atoms with E-state index in [1.165, 1.54) is 14.2 Å². The molecular weight excluding hydrogens is 318 g/mol. The van der Waals surface area contributed by atoms with E-state index >= 15 is 0 Å². The van der Waals surface area contributed by atoms with Crippen LogP contribution in [0.4, 0.5) is 0 Å². The summed E-state index contributed by atoms with van der Waals surface area (Å²) in [6.07, 6.45) is 3.91. The number of rotatable bonds is 6. The predicted molar refractivity (Wildman–Crippen MR) is 91.5 cm³/mol. The topological polar surface area (TPSA) is 84.3 Å². The van der Waals surface area contributed by atoms with Crippen LogP contribution >= 0.6 is 12.2 Å². The van der Waals surface area contributed by atoms with Crippen molar-refractivity contribution in [1.29, 1.82) is 0 Å². The molecule has 23 heavy (non-hydrogen) atoms. The molecule has 0 aliphatic carbocycles. The van der Waals surface area contributed by atoms with E-state index in [1.807, 2.05) is 0 Å². The van der Waals surface area contributed by atoms with E-state index < -0.39 is 0 Å². The van der Waals surface area contributed by atoms with Gasteiger partial charge >= 0.3 is 0 Å². The van der Waals surface area contributed by atoms with Gasteiger partial charge in [-0.25, -0.2) is 0 Å². The lowest BCUT2D eigenvalue weighted by Crippen LogP contribution is -2.37. The van der Waals surface area contributed by atoms with Gasteiger partial charge in [0.2, 0.25) is 5.75 Å². The van der Waals surface area contributed by atoms with Crippen molar-refractivity contribution in [3.05, 3.63) is 17.7 Å². The number of hydrogen-bond acceptors (Lipinski definition) is 6. The predicted octanol–water partition coefficient (Wildman–Crippen LogP) is 1.39. The molecule has 8 heteroatoms. The third-order valence-corrected chi connectivity index (χ3v) is 3.63. The third kappa shape index (κ3) is 4.97. The van der Waals surface area contributed by atoms with Crippen LogP contribution in [0.3, 0.4) is 0 Å². The van der Waals surface area contributed by atoms with Crippen LogP contribution in [0.15, 0.2) is 17.2 Å². The van der Waals surface area contributed by atoms with Gasteiger partial charge in [0.25, 0.3) is 0 Å². The smallest absolute Gasteiger partial charge is 0.200 e. The van der Waals surface area contributed by atoms with Gasteiger partial charge in [-0.1, -0.05) is 0 Å². The van der Waals surface area contributed by atoms with Crippen molar-refractivity contribution in [2.75, 3.05) is 27.4 Å². The Morgan fingerprint density at radius 1 is 1.43 bits per heavy atom. The van der Waals surface area contributed by atoms with E-state index in [4.69, 9.17) is 26.4 Å². The number of hydrogen-bond donors (Lipinski definition) is 3. The number of hydrazone groups is 1. The van der Waals surface area contributed by atoms with E-state index in [0.29, 0.717) is 28.7 Å². The van der Waals surface area contributed by atoms with Crippen LogP contribution < -0.4 is 20.2 Å². The number of thiocarbonyl (C=S) groups is 1. The summed E-state index contributed by atoms with van der Waals surface area (Å²) < 4.78 is 15.7. The molecule has 0 amide bonds. The summed E-state index contributed by atoms with van der Waals surface area (Å²) in [6.45, 7) is 1.48. The minimum atomic E-state index is -0.0474. The van der Waals surface area contributed by atoms with E-state index in [1.54, 1.807) is 18.3 Å². The van der Waals surface area contributed by atoms with Crippen molar-refractivity contribution in [3.8, 4) is 17.2 Å². The molecular formula is C15H21N3O4S. The van der Waals surface area contributed by atoms with Crippen molar-refractivity contribution < 1.29 is 19.3 Å². The van der Waals surface area contributed by atoms with Crippen LogP contribution in [-0.4, -0.2) is 49.9 Å². The second-order valence-corrected chi connectivity index (χ2v) is 5.40. The number of methoxy groups -OCH3 is 2. The maximum Gasteiger partial charge on any atom is 0.200 e. The highest BCUT2D eigenvalue weighted by atomic mass is 32.1. The van der Waals surface area contributed by atoms with E-state index in [9.17, 15) is 5.11 Å². The van der Waals surface area contributed by atoms with Crippen molar-refractivity contribution in [2.45, 2.75) is 18.9 Å². The molecule has 0 aromatic heterocycles. The number of benzene rings is 1. The van der Waals surface area contributed by atoms with Crippen LogP contribution in [0, 0.1) is 0 Å². The molecule has 1 aliphatic rings. The molecule has 1 saturated heterocycles. The summed E-state index contributed by atoms with van der Waals surface area (Å²) in [5, 5.41) is 17.4. The number of nitrogens with zero attached hydrogens (tertiary/aromatic N) is 1. The summed E-state index contributed by atoms with van der Waals surface area (Å²) >= 11 is 5.14. The molecule has 1 aromatic carbocycles. The fraction of sp³-hybridized carbons (Fsp3) is 0.467. The molecule has 1 atom stereocenters. The van der Waals surface area contributed by atoms with Gasteiger partial charge in [0.1, 0.15) is 0 Å². The normalized spacial score (nSPS) is 17.2. The molecule has 0 radical (unpaired) electrons. The quantitative estimate of drug-likeness (QED) is 0.410. The highest BCUT2D eigenvalue weighted by Crippen LogP contribution is 2.36. The number of ether oxygens (including phenoxy) is 3. The average Bonchev–Trinajstić information content (AvgIpc) is 3.07. The van der Waals surface area contributed by atoms with E-state index in [2.05, 4.69) is 15.8 Å². The average molecular weight is 339 g/mol. The number of phenolic OH excluding ortho intramolecular Hbond substituents is 1. The van der Waals surface area contributed by atoms with E-state index in [-0.39, 0.29) is 11.9 Å². The molecule has 1 aromatic rings. The zero-order valence-corrected chi connectivity index (χ0v) is 14.0. The zero-order chi connectivity index (χ0) is 16.7. The SMILES string of the molecule is COc1cc(/C=N/NC(=S)NC[C@H]2CCCO2)cc(OC)c1O. The first kappa shape index (κ1) is 17.3. The maximum atomic E-state index is 9.85. The Bertz CT molecular complexity index is 549. The van der Waals surface area contributed by atoms with Crippen LogP contribution in [0.25, 0.3) is 0 Å². The van der Waals surface area contributed by atoms with Gasteiger partial charge in [-0.15, -0.1) is 0 Å². The largest absolute Gasteiger partial charge is 0.502 e. The van der Waals surface area contributed by atoms with Gasteiger partial charge < -0.3 is 24.6 Å². The summed E-state index contributed by atoms with van der Waals surface area (Å²) in [7, 11) is 2.94. The molecule has 1 heterocycles. The standard InChI is InChI=1S/C15H21N3O4S/c1-20-12-6-10(7-13(21-2)14(12)19)8-17-18-15(23)16-9-11-4-3-5-22-11/h6-8,11,19H,3-5,9H2,1-2H3,(H2,16,18,23)/b17-8+/t11-/m1/s1. The monoisotopic (exact) mass is 339 g/mol. The van der Waals surface area contributed by atoms with Crippen molar-refractivity contribution in [1.82, 2.24) is 10.7 Å². The maximum absolute atomic E-state index is 9.85. The highest BCUT2D eigenvalue weighted by molar-refractivity contribution is 7.80. The molecule has 0 spiro atoms. The Labute approximate surface area is 140 Å². The molecule has 2 rings (SSSR count). The molecule has 126 valence electrons. The van der Waals surface area contributed by atoms with Crippen LogP contribution in [0.1, 0.15) is 18.4 Å². The minimum absolute atomic E-state index is 0.0474. The molecule has 0 unspecified atom stereocenters. The first-order chi connectivity index (χ1) is 11.1. The molecule has 3 N–H and O–H groups in total.